The molecule has 0 saturated heterocycles. The molecule has 0 saturated carbocycles. The number of fused-ring (bicyclic) bond motifs is 1. The number of nitrogens with one attached hydrogen (secondary N) is 1. The van der Waals surface area contributed by atoms with Gasteiger partial charge in [0.05, 0.1) is 12.3 Å². The fourth-order valence-electron chi connectivity index (χ4n) is 2.57. The van der Waals surface area contributed by atoms with E-state index in [9.17, 15) is 4.79 Å². The molecule has 0 atom stereocenters. The fraction of sp³-hybridized carbons (Fsp3) is 0.238. The maximum absolute atomic E-state index is 12.3. The number of carbonyl (C=O) groups is 1. The highest BCUT2D eigenvalue weighted by molar-refractivity contribution is 5.93. The first-order chi connectivity index (χ1) is 12.7. The maximum Gasteiger partial charge on any atom is 0.262 e. The van der Waals surface area contributed by atoms with Gasteiger partial charge in [0.15, 0.2) is 6.61 Å². The van der Waals surface area contributed by atoms with Crippen molar-refractivity contribution in [3.8, 4) is 11.5 Å². The van der Waals surface area contributed by atoms with Crippen LogP contribution in [0.5, 0.6) is 11.5 Å². The van der Waals surface area contributed by atoms with Gasteiger partial charge >= 0.3 is 0 Å². The predicted molar refractivity (Wildman–Crippen MR) is 103 cm³/mol. The Morgan fingerprint density at radius 1 is 1.00 bits per heavy atom. The van der Waals surface area contributed by atoms with Crippen LogP contribution in [-0.2, 0) is 4.79 Å². The van der Waals surface area contributed by atoms with Crippen LogP contribution >= 0.6 is 0 Å². The van der Waals surface area contributed by atoms with Crippen molar-refractivity contribution in [3.63, 3.8) is 0 Å². The average Bonchev–Trinajstić information content (AvgIpc) is 2.65. The number of para-hydroxylation sites is 3. The summed E-state index contributed by atoms with van der Waals surface area (Å²) < 4.78 is 11.4. The van der Waals surface area contributed by atoms with Crippen molar-refractivity contribution < 1.29 is 14.3 Å². The summed E-state index contributed by atoms with van der Waals surface area (Å²) in [5.74, 6) is 1.00. The third kappa shape index (κ3) is 4.30. The number of carbonyl (C=O) groups excluding carboxylic acids is 1. The Bertz CT molecular complexity index is 909. The number of hydrogen-bond acceptors (Lipinski definition) is 4. The Hall–Kier alpha value is -3.08. The molecule has 1 N–H and O–H groups in total. The molecule has 5 heteroatoms. The van der Waals surface area contributed by atoms with Crippen LogP contribution in [0.1, 0.15) is 19.0 Å². The van der Waals surface area contributed by atoms with E-state index in [1.807, 2.05) is 68.4 Å². The minimum absolute atomic E-state index is 0.100. The normalized spacial score (nSPS) is 10.5. The van der Waals surface area contributed by atoms with Gasteiger partial charge in [-0.3, -0.25) is 4.79 Å². The molecule has 2 aromatic carbocycles. The molecule has 0 aliphatic carbocycles. The first-order valence-corrected chi connectivity index (χ1v) is 8.68. The van der Waals surface area contributed by atoms with Gasteiger partial charge in [-0.05, 0) is 37.6 Å². The van der Waals surface area contributed by atoms with Crippen LogP contribution in [0.4, 0.5) is 5.69 Å². The monoisotopic (exact) mass is 350 g/mol. The van der Waals surface area contributed by atoms with Crippen LogP contribution in [0.2, 0.25) is 0 Å². The fourth-order valence-corrected chi connectivity index (χ4v) is 2.57. The smallest absolute Gasteiger partial charge is 0.262 e. The number of benzene rings is 2. The number of aromatic nitrogens is 1. The Labute approximate surface area is 153 Å². The molecule has 0 aliphatic heterocycles. The molecule has 0 fully saturated rings. The number of pyridine rings is 1. The summed E-state index contributed by atoms with van der Waals surface area (Å²) in [6.45, 7) is 4.46. The van der Waals surface area contributed by atoms with E-state index in [0.29, 0.717) is 23.8 Å². The second-order valence-corrected chi connectivity index (χ2v) is 5.96. The lowest BCUT2D eigenvalue weighted by Gasteiger charge is -2.13. The summed E-state index contributed by atoms with van der Waals surface area (Å²) in [5.41, 5.74) is 2.30. The topological polar surface area (TPSA) is 60.5 Å². The quantitative estimate of drug-likeness (QED) is 0.688. The second kappa shape index (κ2) is 8.34. The van der Waals surface area contributed by atoms with Gasteiger partial charge in [0.25, 0.3) is 5.91 Å². The Morgan fingerprint density at radius 3 is 2.65 bits per heavy atom. The lowest BCUT2D eigenvalue weighted by atomic mass is 10.2. The molecule has 3 rings (SSSR count). The number of anilines is 1. The first-order valence-electron chi connectivity index (χ1n) is 8.68. The molecule has 1 amide bonds. The summed E-state index contributed by atoms with van der Waals surface area (Å²) >= 11 is 0. The first kappa shape index (κ1) is 17.7. The van der Waals surface area contributed by atoms with E-state index in [0.717, 1.165) is 23.0 Å². The van der Waals surface area contributed by atoms with Crippen LogP contribution in [-0.4, -0.2) is 24.1 Å². The van der Waals surface area contributed by atoms with Crippen LogP contribution in [0.25, 0.3) is 10.9 Å². The highest BCUT2D eigenvalue weighted by Crippen LogP contribution is 2.25. The largest absolute Gasteiger partial charge is 0.491 e. The molecule has 0 bridgehead atoms. The Kier molecular flexibility index (Phi) is 5.69. The molecule has 0 aliphatic rings. The summed E-state index contributed by atoms with van der Waals surface area (Å²) in [6, 6.07) is 17.0. The van der Waals surface area contributed by atoms with Crippen LogP contribution in [0.3, 0.4) is 0 Å². The van der Waals surface area contributed by atoms with Crippen LogP contribution < -0.4 is 14.8 Å². The van der Waals surface area contributed by atoms with Crippen molar-refractivity contribution in [3.05, 3.63) is 60.3 Å². The zero-order chi connectivity index (χ0) is 18.4. The molecule has 0 radical (unpaired) electrons. The van der Waals surface area contributed by atoms with Gasteiger partial charge < -0.3 is 14.8 Å². The van der Waals surface area contributed by atoms with Gasteiger partial charge in [-0.2, -0.15) is 0 Å². The van der Waals surface area contributed by atoms with Crippen molar-refractivity contribution in [2.45, 2.75) is 20.3 Å². The van der Waals surface area contributed by atoms with E-state index in [-0.39, 0.29) is 12.5 Å². The number of hydrogen-bond donors (Lipinski definition) is 1. The number of rotatable bonds is 7. The molecule has 1 heterocycles. The van der Waals surface area contributed by atoms with Gasteiger partial charge in [0, 0.05) is 11.1 Å². The number of amides is 1. The molecule has 5 nitrogen and oxygen atoms in total. The van der Waals surface area contributed by atoms with E-state index in [2.05, 4.69) is 10.3 Å². The summed E-state index contributed by atoms with van der Waals surface area (Å²) in [4.78, 5) is 16.8. The molecule has 3 aromatic rings. The van der Waals surface area contributed by atoms with E-state index in [1.54, 1.807) is 0 Å². The SMILES string of the molecule is CCCOc1ccccc1NC(=O)COc1cccc2ccc(C)nc12. The van der Waals surface area contributed by atoms with E-state index in [1.165, 1.54) is 0 Å². The van der Waals surface area contributed by atoms with Crippen molar-refractivity contribution >= 4 is 22.5 Å². The third-order valence-electron chi connectivity index (χ3n) is 3.80. The summed E-state index contributed by atoms with van der Waals surface area (Å²) in [5, 5.41) is 3.82. The average molecular weight is 350 g/mol. The molecular weight excluding hydrogens is 328 g/mol. The van der Waals surface area contributed by atoms with E-state index < -0.39 is 0 Å². The Morgan fingerprint density at radius 2 is 1.81 bits per heavy atom. The number of ether oxygens (including phenoxy) is 2. The van der Waals surface area contributed by atoms with Gasteiger partial charge in [0.1, 0.15) is 17.0 Å². The Balaban J connectivity index is 1.68. The second-order valence-electron chi connectivity index (χ2n) is 5.96. The van der Waals surface area contributed by atoms with E-state index >= 15 is 0 Å². The van der Waals surface area contributed by atoms with Crippen molar-refractivity contribution in [1.82, 2.24) is 4.98 Å². The molecule has 26 heavy (non-hydrogen) atoms. The number of nitrogens with zero attached hydrogens (tertiary/aromatic N) is 1. The highest BCUT2D eigenvalue weighted by Gasteiger charge is 2.10. The minimum atomic E-state index is -0.248. The van der Waals surface area contributed by atoms with Crippen molar-refractivity contribution in [2.75, 3.05) is 18.5 Å². The zero-order valence-electron chi connectivity index (χ0n) is 15.0. The maximum atomic E-state index is 12.3. The molecule has 0 spiro atoms. The standard InChI is InChI=1S/C21H22N2O3/c1-3-13-25-18-9-5-4-8-17(18)23-20(24)14-26-19-10-6-7-16-12-11-15(2)22-21(16)19/h4-12H,3,13-14H2,1-2H3,(H,23,24). The summed E-state index contributed by atoms with van der Waals surface area (Å²) in [6.07, 6.45) is 0.902. The zero-order valence-corrected chi connectivity index (χ0v) is 15.0. The summed E-state index contributed by atoms with van der Waals surface area (Å²) in [7, 11) is 0. The molecule has 0 unspecified atom stereocenters. The molecular formula is C21H22N2O3. The van der Waals surface area contributed by atoms with E-state index in [4.69, 9.17) is 9.47 Å². The van der Waals surface area contributed by atoms with Gasteiger partial charge in [-0.1, -0.05) is 37.3 Å². The van der Waals surface area contributed by atoms with Gasteiger partial charge in [-0.25, -0.2) is 4.98 Å². The van der Waals surface area contributed by atoms with Gasteiger partial charge in [-0.15, -0.1) is 0 Å². The van der Waals surface area contributed by atoms with Crippen molar-refractivity contribution in [1.29, 1.82) is 0 Å². The highest BCUT2D eigenvalue weighted by atomic mass is 16.5. The molecule has 134 valence electrons. The van der Waals surface area contributed by atoms with Crippen molar-refractivity contribution in [2.24, 2.45) is 0 Å². The van der Waals surface area contributed by atoms with Crippen LogP contribution in [0, 0.1) is 6.92 Å². The van der Waals surface area contributed by atoms with Crippen LogP contribution in [0.15, 0.2) is 54.6 Å². The lowest BCUT2D eigenvalue weighted by molar-refractivity contribution is -0.118. The number of aryl methyl sites for hydroxylation is 1. The molecule has 1 aromatic heterocycles. The predicted octanol–water partition coefficient (Wildman–Crippen LogP) is 4.35. The minimum Gasteiger partial charge on any atom is -0.491 e. The van der Waals surface area contributed by atoms with Gasteiger partial charge in [0.2, 0.25) is 0 Å². The third-order valence-corrected chi connectivity index (χ3v) is 3.80. The lowest BCUT2D eigenvalue weighted by Crippen LogP contribution is -2.20.